The van der Waals surface area contributed by atoms with E-state index < -0.39 is 6.16 Å². The summed E-state index contributed by atoms with van der Waals surface area (Å²) in [6.45, 7) is 5.59. The van der Waals surface area contributed by atoms with E-state index >= 15 is 0 Å². The van der Waals surface area contributed by atoms with Crippen LogP contribution in [-0.4, -0.2) is 18.2 Å². The molecule has 1 aromatic heterocycles. The molecule has 1 rings (SSSR count). The fraction of sp³-hybridized carbons (Fsp3) is 0.250. The first-order chi connectivity index (χ1) is 6.11. The number of H-pyrrole nitrogens is 1. The molecule has 0 aliphatic carbocycles. The molecule has 0 saturated carbocycles. The number of nitrogens with one attached hydrogen (secondary N) is 1. The Balaban J connectivity index is 0.000000252. The van der Waals surface area contributed by atoms with Gasteiger partial charge in [0.1, 0.15) is 12.4 Å². The van der Waals surface area contributed by atoms with E-state index in [1.54, 1.807) is 6.20 Å². The van der Waals surface area contributed by atoms with Crippen molar-refractivity contribution in [3.63, 3.8) is 0 Å². The summed E-state index contributed by atoms with van der Waals surface area (Å²) in [7, 11) is 1.04. The van der Waals surface area contributed by atoms with Crippen LogP contribution in [0.3, 0.4) is 0 Å². The van der Waals surface area contributed by atoms with Gasteiger partial charge in [0.15, 0.2) is 0 Å². The van der Waals surface area contributed by atoms with Crippen molar-refractivity contribution >= 4 is 12.4 Å². The molecule has 5 heteroatoms. The Bertz CT molecular complexity index is 281. The molecular weight excluding hydrogens is 172 g/mol. The van der Waals surface area contributed by atoms with Crippen molar-refractivity contribution in [1.82, 2.24) is 4.98 Å². The minimum atomic E-state index is -1.50. The van der Waals surface area contributed by atoms with E-state index in [0.29, 0.717) is 0 Å². The van der Waals surface area contributed by atoms with Crippen molar-refractivity contribution in [2.75, 3.05) is 7.11 Å². The zero-order chi connectivity index (χ0) is 10.3. The summed E-state index contributed by atoms with van der Waals surface area (Å²) in [5.74, 6) is 1.10. The van der Waals surface area contributed by atoms with Gasteiger partial charge in [-0.2, -0.15) is 0 Å². The number of hydrogen-bond donors (Lipinski definition) is 1. The quantitative estimate of drug-likeness (QED) is 0.480. The SMILES string of the molecule is C=C[n+]1cc[nH]c1C.COC(=O)[O-]. The predicted octanol–water partition coefficient (Wildman–Crippen LogP) is -0.313. The molecule has 0 aliphatic rings. The molecule has 1 heterocycles. The average Bonchev–Trinajstić information content (AvgIpc) is 2.52. The lowest BCUT2D eigenvalue weighted by molar-refractivity contribution is -0.573. The predicted molar refractivity (Wildman–Crippen MR) is 44.5 cm³/mol. The topological polar surface area (TPSA) is 69.0 Å². The van der Waals surface area contributed by atoms with Gasteiger partial charge in [-0.25, -0.2) is 9.55 Å². The van der Waals surface area contributed by atoms with Crippen molar-refractivity contribution in [3.05, 3.63) is 24.8 Å². The second kappa shape index (κ2) is 5.82. The normalized spacial score (nSPS) is 8.15. The number of carbonyl (C=O) groups is 1. The molecule has 0 saturated heterocycles. The van der Waals surface area contributed by atoms with Crippen molar-refractivity contribution in [3.8, 4) is 0 Å². The third-order valence-corrected chi connectivity index (χ3v) is 1.28. The molecule has 5 nitrogen and oxygen atoms in total. The molecule has 1 aromatic rings. The fourth-order valence-corrected chi connectivity index (χ4v) is 0.622. The van der Waals surface area contributed by atoms with Crippen LogP contribution in [0.4, 0.5) is 4.79 Å². The monoisotopic (exact) mass is 184 g/mol. The number of aromatic amines is 1. The first-order valence-electron chi connectivity index (χ1n) is 3.54. The molecule has 0 aromatic carbocycles. The van der Waals surface area contributed by atoms with E-state index in [0.717, 1.165) is 12.9 Å². The molecule has 0 bridgehead atoms. The fourth-order valence-electron chi connectivity index (χ4n) is 0.622. The van der Waals surface area contributed by atoms with Gasteiger partial charge in [0.05, 0.1) is 6.20 Å². The summed E-state index contributed by atoms with van der Waals surface area (Å²) >= 11 is 0. The van der Waals surface area contributed by atoms with Gasteiger partial charge in [-0.05, 0) is 0 Å². The summed E-state index contributed by atoms with van der Waals surface area (Å²) in [5, 5.41) is 9.03. The maximum Gasteiger partial charge on any atom is 0.255 e. The lowest BCUT2D eigenvalue weighted by Gasteiger charge is -1.92. The van der Waals surface area contributed by atoms with Crippen LogP contribution < -0.4 is 9.67 Å². The minimum Gasteiger partial charge on any atom is -0.553 e. The smallest absolute Gasteiger partial charge is 0.255 e. The lowest BCUT2D eigenvalue weighted by Crippen LogP contribution is -2.25. The number of nitrogens with zero attached hydrogens (tertiary/aromatic N) is 1. The zero-order valence-electron chi connectivity index (χ0n) is 7.61. The average molecular weight is 184 g/mol. The molecule has 0 atom stereocenters. The molecule has 0 spiro atoms. The van der Waals surface area contributed by atoms with Crippen molar-refractivity contribution in [1.29, 1.82) is 0 Å². The molecular formula is C8H12N2O3. The van der Waals surface area contributed by atoms with Crippen LogP contribution in [0.1, 0.15) is 5.82 Å². The highest BCUT2D eigenvalue weighted by Crippen LogP contribution is 1.79. The number of hydrogen-bond acceptors (Lipinski definition) is 3. The number of carbonyl (C=O) groups excluding carboxylic acids is 1. The first kappa shape index (κ1) is 11.2. The van der Waals surface area contributed by atoms with Crippen LogP contribution in [0.5, 0.6) is 0 Å². The Morgan fingerprint density at radius 2 is 2.38 bits per heavy atom. The summed E-state index contributed by atoms with van der Waals surface area (Å²) in [6.07, 6.45) is 4.05. The van der Waals surface area contributed by atoms with E-state index in [9.17, 15) is 0 Å². The van der Waals surface area contributed by atoms with Gasteiger partial charge in [0.2, 0.25) is 0 Å². The number of aryl methyl sites for hydroxylation is 1. The molecule has 0 amide bonds. The third-order valence-electron chi connectivity index (χ3n) is 1.28. The van der Waals surface area contributed by atoms with Crippen molar-refractivity contribution in [2.45, 2.75) is 6.92 Å². The maximum absolute atomic E-state index is 9.03. The lowest BCUT2D eigenvalue weighted by atomic mass is 10.7. The number of ether oxygens (including phenoxy) is 1. The molecule has 0 unspecified atom stereocenters. The Morgan fingerprint density at radius 3 is 2.54 bits per heavy atom. The van der Waals surface area contributed by atoms with Crippen LogP contribution in [-0.2, 0) is 4.74 Å². The Morgan fingerprint density at radius 1 is 1.85 bits per heavy atom. The van der Waals surface area contributed by atoms with Gasteiger partial charge >= 0.3 is 0 Å². The standard InChI is InChI=1S/C6H8N2.C2H4O3/c1-3-8-5-4-7-6(8)2;1-5-2(3)4/h3-5H,1H2,2H3;1H3,(H,3,4). The van der Waals surface area contributed by atoms with E-state index in [4.69, 9.17) is 9.90 Å². The highest BCUT2D eigenvalue weighted by Gasteiger charge is 1.95. The number of methoxy groups -OCH3 is 1. The van der Waals surface area contributed by atoms with Gasteiger partial charge < -0.3 is 14.6 Å². The highest BCUT2D eigenvalue weighted by molar-refractivity contribution is 5.53. The largest absolute Gasteiger partial charge is 0.553 e. The van der Waals surface area contributed by atoms with Crippen LogP contribution in [0, 0.1) is 6.92 Å². The summed E-state index contributed by atoms with van der Waals surface area (Å²) in [5.41, 5.74) is 0. The molecule has 0 aliphatic heterocycles. The molecule has 1 N–H and O–H groups in total. The minimum absolute atomic E-state index is 1.04. The molecule has 0 radical (unpaired) electrons. The van der Waals surface area contributed by atoms with Gasteiger partial charge in [-0.15, -0.1) is 0 Å². The van der Waals surface area contributed by atoms with Crippen LogP contribution >= 0.6 is 0 Å². The zero-order valence-corrected chi connectivity index (χ0v) is 7.61. The van der Waals surface area contributed by atoms with Crippen LogP contribution in [0.25, 0.3) is 6.20 Å². The van der Waals surface area contributed by atoms with E-state index in [2.05, 4.69) is 16.3 Å². The summed E-state index contributed by atoms with van der Waals surface area (Å²) in [4.78, 5) is 12.0. The number of aromatic nitrogens is 2. The van der Waals surface area contributed by atoms with E-state index in [-0.39, 0.29) is 0 Å². The van der Waals surface area contributed by atoms with Crippen molar-refractivity contribution in [2.24, 2.45) is 0 Å². The van der Waals surface area contributed by atoms with E-state index in [1.165, 1.54) is 0 Å². The number of rotatable bonds is 1. The second-order valence-electron chi connectivity index (χ2n) is 2.09. The Labute approximate surface area is 76.3 Å². The summed E-state index contributed by atoms with van der Waals surface area (Å²) in [6, 6.07) is 0. The number of imidazole rings is 1. The molecule has 0 fully saturated rings. The summed E-state index contributed by atoms with van der Waals surface area (Å²) < 4.78 is 5.47. The highest BCUT2D eigenvalue weighted by atomic mass is 16.6. The first-order valence-corrected chi connectivity index (χ1v) is 3.54. The van der Waals surface area contributed by atoms with Crippen LogP contribution in [0.15, 0.2) is 19.0 Å². The van der Waals surface area contributed by atoms with Gasteiger partial charge in [0, 0.05) is 14.0 Å². The van der Waals surface area contributed by atoms with Gasteiger partial charge in [-0.3, -0.25) is 0 Å². The second-order valence-corrected chi connectivity index (χ2v) is 2.09. The van der Waals surface area contributed by atoms with E-state index in [1.807, 2.05) is 23.9 Å². The van der Waals surface area contributed by atoms with Gasteiger partial charge in [-0.1, -0.05) is 6.58 Å². The van der Waals surface area contributed by atoms with Crippen molar-refractivity contribution < 1.29 is 19.2 Å². The molecule has 72 valence electrons. The third kappa shape index (κ3) is 4.62. The van der Waals surface area contributed by atoms with Crippen LogP contribution in [0.2, 0.25) is 0 Å². The maximum atomic E-state index is 9.03. The Kier molecular flexibility index (Phi) is 5.02. The van der Waals surface area contributed by atoms with Gasteiger partial charge in [0.25, 0.3) is 12.0 Å². The number of carboxylic acid groups (broad SMARTS) is 1. The molecule has 13 heavy (non-hydrogen) atoms. The Hall–Kier alpha value is -1.78.